The second-order valence-corrected chi connectivity index (χ2v) is 4.69. The lowest BCUT2D eigenvalue weighted by Gasteiger charge is -2.24. The van der Waals surface area contributed by atoms with Crippen LogP contribution in [0.2, 0.25) is 0 Å². The fourth-order valence-corrected chi connectivity index (χ4v) is 1.46. The maximum absolute atomic E-state index is 8.84. The summed E-state index contributed by atoms with van der Waals surface area (Å²) in [6.45, 7) is 6.96. The van der Waals surface area contributed by atoms with E-state index in [1.165, 1.54) is 0 Å². The van der Waals surface area contributed by atoms with E-state index in [1.807, 2.05) is 13.8 Å². The van der Waals surface area contributed by atoms with Crippen molar-refractivity contribution >= 4 is 5.84 Å². The highest BCUT2D eigenvalue weighted by Gasteiger charge is 2.23. The first kappa shape index (κ1) is 15.2. The standard InChI is InChI=1S/C11H25N3O2/c1-4-9(5-8-15)13-7-6-11(2,3)10(12)14-16/h9,13,15-16H,4-8H2,1-3H3,(H2,12,14). The minimum Gasteiger partial charge on any atom is -0.409 e. The molecule has 1 unspecified atom stereocenters. The van der Waals surface area contributed by atoms with E-state index in [4.69, 9.17) is 16.0 Å². The monoisotopic (exact) mass is 231 g/mol. The summed E-state index contributed by atoms with van der Waals surface area (Å²) in [4.78, 5) is 0. The molecule has 16 heavy (non-hydrogen) atoms. The molecule has 0 aliphatic heterocycles. The maximum Gasteiger partial charge on any atom is 0.144 e. The molecule has 0 aromatic heterocycles. The third-order valence-corrected chi connectivity index (χ3v) is 2.95. The lowest BCUT2D eigenvalue weighted by molar-refractivity contribution is 0.259. The molecule has 96 valence electrons. The lowest BCUT2D eigenvalue weighted by atomic mass is 9.88. The van der Waals surface area contributed by atoms with Crippen LogP contribution in [0, 0.1) is 5.41 Å². The largest absolute Gasteiger partial charge is 0.409 e. The Morgan fingerprint density at radius 1 is 1.50 bits per heavy atom. The van der Waals surface area contributed by atoms with Gasteiger partial charge in [-0.05, 0) is 25.8 Å². The summed E-state index contributed by atoms with van der Waals surface area (Å²) in [6.07, 6.45) is 2.55. The van der Waals surface area contributed by atoms with Crippen molar-refractivity contribution in [1.82, 2.24) is 5.32 Å². The Morgan fingerprint density at radius 3 is 2.56 bits per heavy atom. The van der Waals surface area contributed by atoms with Gasteiger partial charge in [-0.1, -0.05) is 25.9 Å². The number of aliphatic hydroxyl groups excluding tert-OH is 1. The van der Waals surface area contributed by atoms with Gasteiger partial charge in [-0.25, -0.2) is 0 Å². The van der Waals surface area contributed by atoms with Crippen LogP contribution in [0.4, 0.5) is 0 Å². The minimum absolute atomic E-state index is 0.204. The normalized spacial score (nSPS) is 15.1. The van der Waals surface area contributed by atoms with Crippen LogP contribution >= 0.6 is 0 Å². The first-order valence-electron chi connectivity index (χ1n) is 5.80. The molecule has 5 heteroatoms. The zero-order valence-corrected chi connectivity index (χ0v) is 10.5. The number of nitrogens with one attached hydrogen (secondary N) is 1. The number of hydrogen-bond acceptors (Lipinski definition) is 4. The van der Waals surface area contributed by atoms with E-state index < -0.39 is 0 Å². The molecule has 0 rings (SSSR count). The van der Waals surface area contributed by atoms with Crippen LogP contribution < -0.4 is 11.1 Å². The van der Waals surface area contributed by atoms with E-state index in [0.29, 0.717) is 6.04 Å². The van der Waals surface area contributed by atoms with Crippen LogP contribution in [0.15, 0.2) is 5.16 Å². The van der Waals surface area contributed by atoms with E-state index in [2.05, 4.69) is 17.4 Å². The highest BCUT2D eigenvalue weighted by Crippen LogP contribution is 2.19. The molecular weight excluding hydrogens is 206 g/mol. The third-order valence-electron chi connectivity index (χ3n) is 2.95. The Morgan fingerprint density at radius 2 is 2.12 bits per heavy atom. The highest BCUT2D eigenvalue weighted by molar-refractivity contribution is 5.85. The quantitative estimate of drug-likeness (QED) is 0.216. The smallest absolute Gasteiger partial charge is 0.144 e. The summed E-state index contributed by atoms with van der Waals surface area (Å²) < 4.78 is 0. The van der Waals surface area contributed by atoms with Gasteiger partial charge in [0.1, 0.15) is 5.84 Å². The van der Waals surface area contributed by atoms with Crippen LogP contribution in [0.25, 0.3) is 0 Å². The summed E-state index contributed by atoms with van der Waals surface area (Å²) in [5, 5.41) is 23.9. The summed E-state index contributed by atoms with van der Waals surface area (Å²) >= 11 is 0. The van der Waals surface area contributed by atoms with Gasteiger partial charge in [0.15, 0.2) is 0 Å². The number of nitrogens with zero attached hydrogens (tertiary/aromatic N) is 1. The van der Waals surface area contributed by atoms with Crippen molar-refractivity contribution in [3.63, 3.8) is 0 Å². The fourth-order valence-electron chi connectivity index (χ4n) is 1.46. The molecule has 5 nitrogen and oxygen atoms in total. The van der Waals surface area contributed by atoms with Crippen molar-refractivity contribution < 1.29 is 10.3 Å². The van der Waals surface area contributed by atoms with E-state index in [-0.39, 0.29) is 17.9 Å². The Balaban J connectivity index is 3.96. The summed E-state index contributed by atoms with van der Waals surface area (Å²) in [5.41, 5.74) is 5.28. The Hall–Kier alpha value is -0.810. The van der Waals surface area contributed by atoms with Gasteiger partial charge < -0.3 is 21.4 Å². The van der Waals surface area contributed by atoms with Crippen LogP contribution in [-0.2, 0) is 0 Å². The van der Waals surface area contributed by atoms with Crippen molar-refractivity contribution in [2.24, 2.45) is 16.3 Å². The van der Waals surface area contributed by atoms with Crippen LogP contribution in [-0.4, -0.2) is 35.3 Å². The van der Waals surface area contributed by atoms with Gasteiger partial charge in [0.05, 0.1) is 0 Å². The summed E-state index contributed by atoms with van der Waals surface area (Å²) in [7, 11) is 0. The van der Waals surface area contributed by atoms with Crippen LogP contribution in [0.3, 0.4) is 0 Å². The second-order valence-electron chi connectivity index (χ2n) is 4.69. The first-order chi connectivity index (χ1) is 7.47. The molecule has 0 saturated heterocycles. The van der Waals surface area contributed by atoms with Gasteiger partial charge in [0.2, 0.25) is 0 Å². The lowest BCUT2D eigenvalue weighted by Crippen LogP contribution is -2.37. The number of amidine groups is 1. The van der Waals surface area contributed by atoms with Crippen molar-refractivity contribution in [1.29, 1.82) is 0 Å². The van der Waals surface area contributed by atoms with E-state index in [9.17, 15) is 0 Å². The molecule has 0 fully saturated rings. The molecule has 1 atom stereocenters. The molecule has 0 amide bonds. The zero-order chi connectivity index (χ0) is 12.6. The van der Waals surface area contributed by atoms with Gasteiger partial charge in [-0.15, -0.1) is 0 Å². The van der Waals surface area contributed by atoms with Gasteiger partial charge in [-0.3, -0.25) is 0 Å². The molecule has 0 bridgehead atoms. The number of nitrogens with two attached hydrogens (primary N) is 1. The Kier molecular flexibility index (Phi) is 7.08. The van der Waals surface area contributed by atoms with Gasteiger partial charge in [-0.2, -0.15) is 0 Å². The molecule has 0 aliphatic carbocycles. The molecule has 0 heterocycles. The Labute approximate surface area is 97.7 Å². The highest BCUT2D eigenvalue weighted by atomic mass is 16.4. The van der Waals surface area contributed by atoms with Crippen molar-refractivity contribution in [2.45, 2.75) is 46.1 Å². The Bertz CT molecular complexity index is 217. The molecule has 0 radical (unpaired) electrons. The number of aliphatic hydroxyl groups is 1. The van der Waals surface area contributed by atoms with E-state index in [1.54, 1.807) is 0 Å². The molecule has 5 N–H and O–H groups in total. The SMILES string of the molecule is CCC(CCO)NCCC(C)(C)C(N)=NO. The zero-order valence-electron chi connectivity index (χ0n) is 10.5. The van der Waals surface area contributed by atoms with Crippen molar-refractivity contribution in [3.8, 4) is 0 Å². The topological polar surface area (TPSA) is 90.9 Å². The molecule has 0 saturated carbocycles. The fraction of sp³-hybridized carbons (Fsp3) is 0.909. The summed E-state index contributed by atoms with van der Waals surface area (Å²) in [6, 6.07) is 0.341. The minimum atomic E-state index is -0.306. The predicted molar refractivity (Wildman–Crippen MR) is 65.6 cm³/mol. The third kappa shape index (κ3) is 5.32. The van der Waals surface area contributed by atoms with E-state index >= 15 is 0 Å². The van der Waals surface area contributed by atoms with Crippen molar-refractivity contribution in [3.05, 3.63) is 0 Å². The van der Waals surface area contributed by atoms with Crippen LogP contribution in [0.1, 0.15) is 40.0 Å². The second kappa shape index (κ2) is 7.46. The molecule has 0 aliphatic rings. The van der Waals surface area contributed by atoms with Gasteiger partial charge in [0, 0.05) is 18.1 Å². The molecular formula is C11H25N3O2. The first-order valence-corrected chi connectivity index (χ1v) is 5.80. The molecule has 0 aromatic carbocycles. The molecule has 0 spiro atoms. The average molecular weight is 231 g/mol. The van der Waals surface area contributed by atoms with Crippen LogP contribution in [0.5, 0.6) is 0 Å². The van der Waals surface area contributed by atoms with Crippen molar-refractivity contribution in [2.75, 3.05) is 13.2 Å². The molecule has 0 aromatic rings. The van der Waals surface area contributed by atoms with Gasteiger partial charge >= 0.3 is 0 Å². The predicted octanol–water partition coefficient (Wildman–Crippen LogP) is 0.900. The number of rotatable bonds is 8. The maximum atomic E-state index is 8.84. The van der Waals surface area contributed by atoms with Gasteiger partial charge in [0.25, 0.3) is 0 Å². The summed E-state index contributed by atoms with van der Waals surface area (Å²) in [5.74, 6) is 0.254. The number of oxime groups is 1. The number of hydrogen-bond donors (Lipinski definition) is 4. The average Bonchev–Trinajstić information content (AvgIpc) is 2.26. The van der Waals surface area contributed by atoms with E-state index in [0.717, 1.165) is 25.8 Å².